The summed E-state index contributed by atoms with van der Waals surface area (Å²) < 4.78 is 5.82. The van der Waals surface area contributed by atoms with Crippen LogP contribution in [-0.2, 0) is 4.79 Å². The zero-order chi connectivity index (χ0) is 21.2. The Kier molecular flexibility index (Phi) is 14.9. The molecule has 3 heteroatoms. The van der Waals surface area contributed by atoms with E-state index in [0.717, 1.165) is 24.3 Å². The van der Waals surface area contributed by atoms with E-state index < -0.39 is 5.97 Å². The Bertz CT molecular complexity index is 577. The number of carboxylic acids is 1. The maximum Gasteiger partial charge on any atom is 0.331 e. The van der Waals surface area contributed by atoms with Crippen LogP contribution in [0.2, 0.25) is 0 Å². The van der Waals surface area contributed by atoms with Crippen molar-refractivity contribution in [1.29, 1.82) is 0 Å². The molecular formula is C26H42O3. The van der Waals surface area contributed by atoms with Crippen LogP contribution in [-0.4, -0.2) is 17.7 Å². The lowest BCUT2D eigenvalue weighted by Gasteiger charge is -2.07. The van der Waals surface area contributed by atoms with Crippen molar-refractivity contribution >= 4 is 12.0 Å². The molecule has 1 rings (SSSR count). The summed E-state index contributed by atoms with van der Waals surface area (Å²) >= 11 is 0. The van der Waals surface area contributed by atoms with Gasteiger partial charge in [0.25, 0.3) is 0 Å². The van der Waals surface area contributed by atoms with Crippen LogP contribution in [0.3, 0.4) is 0 Å². The van der Waals surface area contributed by atoms with Gasteiger partial charge in [0.15, 0.2) is 0 Å². The third kappa shape index (κ3) is 13.9. The van der Waals surface area contributed by atoms with Crippen LogP contribution >= 0.6 is 0 Å². The molecule has 0 aliphatic carbocycles. The lowest BCUT2D eigenvalue weighted by atomic mass is 10.0. The van der Waals surface area contributed by atoms with Crippen LogP contribution < -0.4 is 4.74 Å². The normalized spacial score (nSPS) is 11.6. The number of aliphatic carboxylic acids is 1. The molecule has 0 unspecified atom stereocenters. The monoisotopic (exact) mass is 402 g/mol. The van der Waals surface area contributed by atoms with Gasteiger partial charge in [-0.3, -0.25) is 0 Å². The molecule has 3 nitrogen and oxygen atoms in total. The van der Waals surface area contributed by atoms with Gasteiger partial charge in [-0.25, -0.2) is 4.79 Å². The lowest BCUT2D eigenvalue weighted by Crippen LogP contribution is -1.98. The van der Waals surface area contributed by atoms with Gasteiger partial charge < -0.3 is 9.84 Å². The van der Waals surface area contributed by atoms with Crippen molar-refractivity contribution in [2.75, 3.05) is 6.61 Å². The van der Waals surface area contributed by atoms with Crippen LogP contribution in [0.15, 0.2) is 29.8 Å². The van der Waals surface area contributed by atoms with Crippen LogP contribution in [0.4, 0.5) is 0 Å². The third-order valence-corrected chi connectivity index (χ3v) is 5.35. The van der Waals surface area contributed by atoms with Gasteiger partial charge in [0.05, 0.1) is 6.61 Å². The number of carbonyl (C=O) groups is 1. The molecule has 0 spiro atoms. The average Bonchev–Trinajstić information content (AvgIpc) is 2.71. The van der Waals surface area contributed by atoms with Gasteiger partial charge >= 0.3 is 5.97 Å². The Morgan fingerprint density at radius 3 is 1.90 bits per heavy atom. The lowest BCUT2D eigenvalue weighted by molar-refractivity contribution is -0.132. The highest BCUT2D eigenvalue weighted by Crippen LogP contribution is 2.17. The average molecular weight is 403 g/mol. The molecule has 164 valence electrons. The molecule has 0 saturated heterocycles. The highest BCUT2D eigenvalue weighted by Gasteiger charge is 2.01. The van der Waals surface area contributed by atoms with E-state index in [1.54, 1.807) is 13.0 Å². The molecular weight excluding hydrogens is 360 g/mol. The number of hydrogen-bond acceptors (Lipinski definition) is 2. The van der Waals surface area contributed by atoms with Crippen molar-refractivity contribution in [2.45, 2.75) is 104 Å². The van der Waals surface area contributed by atoms with Crippen molar-refractivity contribution in [3.8, 4) is 5.75 Å². The number of hydrogen-bond donors (Lipinski definition) is 1. The first kappa shape index (κ1) is 25.3. The molecule has 0 radical (unpaired) electrons. The topological polar surface area (TPSA) is 46.5 Å². The summed E-state index contributed by atoms with van der Waals surface area (Å²) in [7, 11) is 0. The van der Waals surface area contributed by atoms with E-state index in [9.17, 15) is 4.79 Å². The van der Waals surface area contributed by atoms with E-state index in [1.165, 1.54) is 83.5 Å². The molecule has 1 aromatic rings. The fraction of sp³-hybridized carbons (Fsp3) is 0.654. The second kappa shape index (κ2) is 17.1. The first-order valence-electron chi connectivity index (χ1n) is 11.8. The minimum atomic E-state index is -0.890. The van der Waals surface area contributed by atoms with E-state index >= 15 is 0 Å². The van der Waals surface area contributed by atoms with E-state index in [-0.39, 0.29) is 0 Å². The summed E-state index contributed by atoms with van der Waals surface area (Å²) in [5.74, 6) is -0.0784. The zero-order valence-electron chi connectivity index (χ0n) is 18.8. The predicted molar refractivity (Wildman–Crippen MR) is 124 cm³/mol. The van der Waals surface area contributed by atoms with Crippen LogP contribution in [0, 0.1) is 0 Å². The van der Waals surface area contributed by atoms with Crippen molar-refractivity contribution in [2.24, 2.45) is 0 Å². The predicted octanol–water partition coefficient (Wildman–Crippen LogP) is 8.03. The largest absolute Gasteiger partial charge is 0.494 e. The summed E-state index contributed by atoms with van der Waals surface area (Å²) in [5, 5.41) is 8.97. The van der Waals surface area contributed by atoms with E-state index in [2.05, 4.69) is 6.92 Å². The molecule has 0 atom stereocenters. The first-order chi connectivity index (χ1) is 14.1. The molecule has 0 amide bonds. The number of ether oxygens (including phenoxy) is 1. The highest BCUT2D eigenvalue weighted by atomic mass is 16.5. The second-order valence-electron chi connectivity index (χ2n) is 8.15. The second-order valence-corrected chi connectivity index (χ2v) is 8.15. The Morgan fingerprint density at radius 2 is 1.38 bits per heavy atom. The van der Waals surface area contributed by atoms with Crippen LogP contribution in [0.5, 0.6) is 5.75 Å². The SMILES string of the molecule is CCCCCCCCCCCCCCCCOc1cccc(C=C(C)C(=O)O)c1. The van der Waals surface area contributed by atoms with E-state index in [0.29, 0.717) is 5.57 Å². The molecule has 0 heterocycles. The summed E-state index contributed by atoms with van der Waals surface area (Å²) in [6, 6.07) is 7.63. The molecule has 0 aliphatic rings. The summed E-state index contributed by atoms with van der Waals surface area (Å²) in [6.45, 7) is 4.60. The Labute approximate surface area is 178 Å². The Morgan fingerprint density at radius 1 is 0.862 bits per heavy atom. The van der Waals surface area contributed by atoms with E-state index in [4.69, 9.17) is 9.84 Å². The standard InChI is InChI=1S/C26H42O3/c1-3-4-5-6-7-8-9-10-11-12-13-14-15-16-20-29-25-19-17-18-24(22-25)21-23(2)26(27)28/h17-19,21-22H,3-16,20H2,1-2H3,(H,27,28). The number of carboxylic acid groups (broad SMARTS) is 1. The Hall–Kier alpha value is -1.77. The van der Waals surface area contributed by atoms with Crippen molar-refractivity contribution < 1.29 is 14.6 Å². The zero-order valence-corrected chi connectivity index (χ0v) is 18.8. The molecule has 1 aromatic carbocycles. The number of unbranched alkanes of at least 4 members (excludes halogenated alkanes) is 13. The molecule has 0 aliphatic heterocycles. The smallest absolute Gasteiger partial charge is 0.331 e. The van der Waals surface area contributed by atoms with Crippen LogP contribution in [0.1, 0.15) is 109 Å². The van der Waals surface area contributed by atoms with Gasteiger partial charge in [0, 0.05) is 5.57 Å². The summed E-state index contributed by atoms with van der Waals surface area (Å²) in [6.07, 6.45) is 20.6. The fourth-order valence-electron chi connectivity index (χ4n) is 3.49. The maximum atomic E-state index is 10.9. The molecule has 0 fully saturated rings. The minimum absolute atomic E-state index is 0.328. The Balaban J connectivity index is 1.97. The van der Waals surface area contributed by atoms with Gasteiger partial charge in [-0.1, -0.05) is 103 Å². The van der Waals surface area contributed by atoms with Crippen molar-refractivity contribution in [1.82, 2.24) is 0 Å². The molecule has 1 N–H and O–H groups in total. The highest BCUT2D eigenvalue weighted by molar-refractivity contribution is 5.91. The van der Waals surface area contributed by atoms with Gasteiger partial charge in [-0.15, -0.1) is 0 Å². The van der Waals surface area contributed by atoms with Crippen LogP contribution in [0.25, 0.3) is 6.08 Å². The summed E-state index contributed by atoms with van der Waals surface area (Å²) in [5.41, 5.74) is 1.19. The number of rotatable bonds is 18. The fourth-order valence-corrected chi connectivity index (χ4v) is 3.49. The van der Waals surface area contributed by atoms with Gasteiger partial charge in [0.2, 0.25) is 0 Å². The van der Waals surface area contributed by atoms with Gasteiger partial charge in [-0.05, 0) is 37.1 Å². The maximum absolute atomic E-state index is 10.9. The molecule has 0 saturated carbocycles. The van der Waals surface area contributed by atoms with E-state index in [1.807, 2.05) is 24.3 Å². The number of benzene rings is 1. The first-order valence-corrected chi connectivity index (χ1v) is 11.8. The summed E-state index contributed by atoms with van der Waals surface area (Å²) in [4.78, 5) is 10.9. The van der Waals surface area contributed by atoms with Crippen molar-refractivity contribution in [3.05, 3.63) is 35.4 Å². The van der Waals surface area contributed by atoms with Gasteiger partial charge in [0.1, 0.15) is 5.75 Å². The molecule has 0 bridgehead atoms. The third-order valence-electron chi connectivity index (χ3n) is 5.35. The van der Waals surface area contributed by atoms with Crippen molar-refractivity contribution in [3.63, 3.8) is 0 Å². The quantitative estimate of drug-likeness (QED) is 0.200. The van der Waals surface area contributed by atoms with Gasteiger partial charge in [-0.2, -0.15) is 0 Å². The molecule has 0 aromatic heterocycles. The minimum Gasteiger partial charge on any atom is -0.494 e. The molecule has 29 heavy (non-hydrogen) atoms.